The minimum atomic E-state index is -0.277. The van der Waals surface area contributed by atoms with E-state index in [2.05, 4.69) is 6.07 Å². The van der Waals surface area contributed by atoms with Crippen LogP contribution >= 0.6 is 0 Å². The van der Waals surface area contributed by atoms with Gasteiger partial charge < -0.3 is 9.47 Å². The maximum absolute atomic E-state index is 11.3. The van der Waals surface area contributed by atoms with Gasteiger partial charge in [-0.3, -0.25) is 4.79 Å². The minimum Gasteiger partial charge on any atom is -0.493 e. The molecule has 0 aromatic heterocycles. The second-order valence-corrected chi connectivity index (χ2v) is 5.72. The number of Topliss-reactive ketones (excluding diaryl/α,β-unsaturated/α-hetero) is 1. The lowest BCUT2D eigenvalue weighted by Crippen LogP contribution is -2.08. The fraction of sp³-hybridized carbons (Fsp3) is 0.529. The predicted molar refractivity (Wildman–Crippen MR) is 81.7 cm³/mol. The van der Waals surface area contributed by atoms with Crippen LogP contribution in [-0.2, 0) is 0 Å². The van der Waals surface area contributed by atoms with Crippen LogP contribution in [0.15, 0.2) is 18.2 Å². The Morgan fingerprint density at radius 3 is 2.57 bits per heavy atom. The van der Waals surface area contributed by atoms with E-state index >= 15 is 0 Å². The monoisotopic (exact) mass is 289 g/mol. The number of rotatable bonds is 8. The molecule has 0 spiro atoms. The van der Waals surface area contributed by atoms with Crippen LogP contribution in [0.5, 0.6) is 11.5 Å². The van der Waals surface area contributed by atoms with Crippen molar-refractivity contribution in [3.63, 3.8) is 0 Å². The van der Waals surface area contributed by atoms with Gasteiger partial charge >= 0.3 is 0 Å². The van der Waals surface area contributed by atoms with E-state index in [0.29, 0.717) is 23.7 Å². The predicted octanol–water partition coefficient (Wildman–Crippen LogP) is 4.00. The zero-order valence-electron chi connectivity index (χ0n) is 13.2. The molecule has 0 N–H and O–H groups in total. The zero-order valence-corrected chi connectivity index (χ0v) is 13.2. The number of ether oxygens (including phenoxy) is 2. The number of unbranched alkanes of at least 4 members (excludes halogenated alkanes) is 1. The van der Waals surface area contributed by atoms with Crippen LogP contribution < -0.4 is 9.47 Å². The quantitative estimate of drug-likeness (QED) is 0.536. The van der Waals surface area contributed by atoms with Crippen molar-refractivity contribution in [2.45, 2.75) is 40.0 Å². The molecule has 0 amide bonds. The third-order valence-electron chi connectivity index (χ3n) is 3.33. The lowest BCUT2D eigenvalue weighted by molar-refractivity contribution is 0.101. The fourth-order valence-electron chi connectivity index (χ4n) is 1.91. The zero-order chi connectivity index (χ0) is 15.9. The number of hydrogen-bond donors (Lipinski definition) is 0. The van der Waals surface area contributed by atoms with Gasteiger partial charge in [0.2, 0.25) is 0 Å². The molecule has 4 nitrogen and oxygen atoms in total. The highest BCUT2D eigenvalue weighted by Gasteiger charge is 2.15. The first kappa shape index (κ1) is 17.0. The topological polar surface area (TPSA) is 59.3 Å². The molecule has 0 bridgehead atoms. The summed E-state index contributed by atoms with van der Waals surface area (Å²) in [6.07, 6.45) is 2.67. The van der Waals surface area contributed by atoms with Crippen LogP contribution in [0.4, 0.5) is 0 Å². The van der Waals surface area contributed by atoms with Gasteiger partial charge in [-0.2, -0.15) is 5.26 Å². The summed E-state index contributed by atoms with van der Waals surface area (Å²) in [6.45, 7) is 5.97. The Bertz CT molecular complexity index is 529. The highest BCUT2D eigenvalue weighted by Crippen LogP contribution is 2.29. The van der Waals surface area contributed by atoms with E-state index in [0.717, 1.165) is 19.3 Å². The molecule has 1 aromatic carbocycles. The largest absolute Gasteiger partial charge is 0.493 e. The highest BCUT2D eigenvalue weighted by molar-refractivity contribution is 5.94. The number of hydrogen-bond acceptors (Lipinski definition) is 4. The van der Waals surface area contributed by atoms with Crippen molar-refractivity contribution in [3.8, 4) is 17.6 Å². The number of methoxy groups -OCH3 is 1. The summed E-state index contributed by atoms with van der Waals surface area (Å²) in [5, 5.41) is 8.94. The maximum Gasteiger partial charge on any atom is 0.161 e. The van der Waals surface area contributed by atoms with E-state index in [-0.39, 0.29) is 11.2 Å². The van der Waals surface area contributed by atoms with Crippen molar-refractivity contribution in [2.75, 3.05) is 13.7 Å². The molecule has 0 radical (unpaired) electrons. The Morgan fingerprint density at radius 1 is 1.29 bits per heavy atom. The minimum absolute atomic E-state index is 0.00131. The van der Waals surface area contributed by atoms with E-state index in [1.54, 1.807) is 25.3 Å². The van der Waals surface area contributed by atoms with Crippen LogP contribution in [0.1, 0.15) is 50.4 Å². The Labute approximate surface area is 126 Å². The van der Waals surface area contributed by atoms with Crippen molar-refractivity contribution in [3.05, 3.63) is 23.8 Å². The molecule has 0 saturated carbocycles. The molecule has 0 fully saturated rings. The van der Waals surface area contributed by atoms with Crippen LogP contribution in [0.3, 0.4) is 0 Å². The average Bonchev–Trinajstić information content (AvgIpc) is 2.46. The molecular formula is C17H23NO3. The maximum atomic E-state index is 11.3. The summed E-state index contributed by atoms with van der Waals surface area (Å²) in [7, 11) is 1.56. The second-order valence-electron chi connectivity index (χ2n) is 5.72. The van der Waals surface area contributed by atoms with Crippen molar-refractivity contribution >= 4 is 5.78 Å². The van der Waals surface area contributed by atoms with Gasteiger partial charge in [-0.15, -0.1) is 0 Å². The molecule has 4 heteroatoms. The van der Waals surface area contributed by atoms with Crippen LogP contribution in [0.25, 0.3) is 0 Å². The standard InChI is InChI=1S/C17H23NO3/c1-13(19)14-7-8-15(16(11-14)20-4)21-10-6-5-9-17(2,3)12-18/h7-8,11H,5-6,9-10H2,1-4H3. The summed E-state index contributed by atoms with van der Waals surface area (Å²) in [4.78, 5) is 11.3. The van der Waals surface area contributed by atoms with Gasteiger partial charge in [0, 0.05) is 5.56 Å². The summed E-state index contributed by atoms with van der Waals surface area (Å²) in [6, 6.07) is 7.48. The third kappa shape index (κ3) is 5.47. The van der Waals surface area contributed by atoms with Crippen LogP contribution in [-0.4, -0.2) is 19.5 Å². The summed E-state index contributed by atoms with van der Waals surface area (Å²) in [5.74, 6) is 1.21. The number of nitrogens with zero attached hydrogens (tertiary/aromatic N) is 1. The molecule has 0 heterocycles. The lowest BCUT2D eigenvalue weighted by Gasteiger charge is -2.15. The Hall–Kier alpha value is -2.02. The lowest BCUT2D eigenvalue weighted by atomic mass is 9.89. The van der Waals surface area contributed by atoms with Crippen LogP contribution in [0, 0.1) is 16.7 Å². The number of carbonyl (C=O) groups is 1. The van der Waals surface area contributed by atoms with E-state index in [4.69, 9.17) is 14.7 Å². The molecule has 0 saturated heterocycles. The molecule has 0 aliphatic carbocycles. The third-order valence-corrected chi connectivity index (χ3v) is 3.33. The van der Waals surface area contributed by atoms with Crippen molar-refractivity contribution < 1.29 is 14.3 Å². The number of carbonyl (C=O) groups excluding carboxylic acids is 1. The van der Waals surface area contributed by atoms with Gasteiger partial charge in [0.15, 0.2) is 17.3 Å². The molecule has 114 valence electrons. The Balaban J connectivity index is 2.49. The van der Waals surface area contributed by atoms with Gasteiger partial charge in [-0.1, -0.05) is 0 Å². The van der Waals surface area contributed by atoms with Crippen molar-refractivity contribution in [1.29, 1.82) is 5.26 Å². The first-order chi connectivity index (χ1) is 9.89. The van der Waals surface area contributed by atoms with Crippen molar-refractivity contribution in [1.82, 2.24) is 0 Å². The van der Waals surface area contributed by atoms with E-state index in [1.165, 1.54) is 6.92 Å². The summed E-state index contributed by atoms with van der Waals surface area (Å²) in [5.41, 5.74) is 0.329. The molecule has 0 unspecified atom stereocenters. The molecule has 0 aliphatic heterocycles. The molecule has 0 aliphatic rings. The van der Waals surface area contributed by atoms with Gasteiger partial charge in [-0.05, 0) is 58.2 Å². The Morgan fingerprint density at radius 2 is 2.00 bits per heavy atom. The number of benzene rings is 1. The van der Waals surface area contributed by atoms with Gasteiger partial charge in [0.05, 0.1) is 25.2 Å². The fourth-order valence-corrected chi connectivity index (χ4v) is 1.91. The van der Waals surface area contributed by atoms with Gasteiger partial charge in [0.25, 0.3) is 0 Å². The normalized spacial score (nSPS) is 10.8. The average molecular weight is 289 g/mol. The number of nitriles is 1. The van der Waals surface area contributed by atoms with E-state index in [9.17, 15) is 4.79 Å². The van der Waals surface area contributed by atoms with E-state index in [1.807, 2.05) is 13.8 Å². The molecule has 1 rings (SSSR count). The second kappa shape index (κ2) is 7.68. The molecule has 21 heavy (non-hydrogen) atoms. The van der Waals surface area contributed by atoms with Gasteiger partial charge in [0.1, 0.15) is 0 Å². The van der Waals surface area contributed by atoms with E-state index < -0.39 is 0 Å². The van der Waals surface area contributed by atoms with Gasteiger partial charge in [-0.25, -0.2) is 0 Å². The summed E-state index contributed by atoms with van der Waals surface area (Å²) < 4.78 is 10.9. The van der Waals surface area contributed by atoms with Crippen LogP contribution in [0.2, 0.25) is 0 Å². The first-order valence-corrected chi connectivity index (χ1v) is 7.12. The molecular weight excluding hydrogens is 266 g/mol. The summed E-state index contributed by atoms with van der Waals surface area (Å²) >= 11 is 0. The SMILES string of the molecule is COc1cc(C(C)=O)ccc1OCCCCC(C)(C)C#N. The first-order valence-electron chi connectivity index (χ1n) is 7.12. The smallest absolute Gasteiger partial charge is 0.161 e. The van der Waals surface area contributed by atoms with Crippen molar-refractivity contribution in [2.24, 2.45) is 5.41 Å². The number of ketones is 1. The Kier molecular flexibility index (Phi) is 6.23. The highest BCUT2D eigenvalue weighted by atomic mass is 16.5. The molecule has 0 atom stereocenters. The molecule has 1 aromatic rings.